The van der Waals surface area contributed by atoms with E-state index in [1.165, 1.54) is 5.56 Å². The van der Waals surface area contributed by atoms with Crippen molar-refractivity contribution in [2.75, 3.05) is 11.9 Å². The van der Waals surface area contributed by atoms with Crippen molar-refractivity contribution in [1.29, 1.82) is 0 Å². The number of amides is 1. The summed E-state index contributed by atoms with van der Waals surface area (Å²) in [7, 11) is 0. The van der Waals surface area contributed by atoms with Crippen LogP contribution < -0.4 is 10.6 Å². The molecule has 1 aliphatic carbocycles. The van der Waals surface area contributed by atoms with Crippen LogP contribution in [0.2, 0.25) is 0 Å². The van der Waals surface area contributed by atoms with E-state index in [4.69, 9.17) is 0 Å². The second kappa shape index (κ2) is 10.4. The largest absolute Gasteiger partial charge is 0.378 e. The minimum Gasteiger partial charge on any atom is -0.378 e. The lowest BCUT2D eigenvalue weighted by molar-refractivity contribution is -0.120. The highest BCUT2D eigenvalue weighted by atomic mass is 16.1. The van der Waals surface area contributed by atoms with Crippen LogP contribution in [0.5, 0.6) is 0 Å². The molecule has 1 aromatic heterocycles. The molecule has 6 nitrogen and oxygen atoms in total. The van der Waals surface area contributed by atoms with E-state index < -0.39 is 0 Å². The van der Waals surface area contributed by atoms with Gasteiger partial charge < -0.3 is 10.6 Å². The molecule has 1 fully saturated rings. The van der Waals surface area contributed by atoms with Gasteiger partial charge >= 0.3 is 0 Å². The summed E-state index contributed by atoms with van der Waals surface area (Å²) in [5.74, 6) is 0.205. The molecule has 2 aromatic carbocycles. The maximum atomic E-state index is 13.1. The average Bonchev–Trinajstić information content (AvgIpc) is 3.38. The number of nitrogens with one attached hydrogen (secondary N) is 2. The van der Waals surface area contributed by atoms with Gasteiger partial charge in [-0.25, -0.2) is 0 Å². The molecule has 1 amide bonds. The van der Waals surface area contributed by atoms with Gasteiger partial charge in [0, 0.05) is 29.6 Å². The van der Waals surface area contributed by atoms with Gasteiger partial charge in [0.25, 0.3) is 5.91 Å². The lowest BCUT2D eigenvalue weighted by Crippen LogP contribution is -2.27. The molecule has 0 bridgehead atoms. The van der Waals surface area contributed by atoms with Crippen LogP contribution in [-0.4, -0.2) is 28.2 Å². The van der Waals surface area contributed by atoms with E-state index >= 15 is 0 Å². The lowest BCUT2D eigenvalue weighted by Gasteiger charge is -2.16. The van der Waals surface area contributed by atoms with Crippen LogP contribution in [0.15, 0.2) is 61.1 Å². The van der Waals surface area contributed by atoms with Crippen molar-refractivity contribution in [2.45, 2.75) is 45.6 Å². The normalized spacial score (nSPS) is 14.6. The molecule has 6 heteroatoms. The minimum absolute atomic E-state index is 0.161. The Bertz CT molecular complexity index is 1110. The fraction of sp³-hybridized carbons (Fsp3) is 0.333. The summed E-state index contributed by atoms with van der Waals surface area (Å²) in [6.45, 7) is 4.20. The molecule has 33 heavy (non-hydrogen) atoms. The number of hydrogen-bond acceptors (Lipinski definition) is 5. The molecular weight excluding hydrogens is 412 g/mol. The molecule has 0 spiro atoms. The molecule has 0 saturated heterocycles. The second-order valence-electron chi connectivity index (χ2n) is 8.79. The Balaban J connectivity index is 1.57. The number of carbonyl (C=O) groups excluding carboxylic acids is 2. The van der Waals surface area contributed by atoms with E-state index in [0.717, 1.165) is 42.5 Å². The number of anilines is 1. The minimum atomic E-state index is -0.283. The lowest BCUT2D eigenvalue weighted by atomic mass is 9.99. The standard InChI is InChI=1S/C27H30N4O2/c1-18-7-9-20(10-8-18)22-13-23(27(33)31-19(2)25-16-28-11-12-29-25)15-24(14-22)30-17-26(32)21-5-3-4-6-21/h7-16,19,21,30H,3-6,17H2,1-2H3,(H,31,33). The zero-order chi connectivity index (χ0) is 23.2. The Labute approximate surface area is 194 Å². The van der Waals surface area contributed by atoms with Gasteiger partial charge in [0.15, 0.2) is 5.78 Å². The molecule has 1 aliphatic rings. The van der Waals surface area contributed by atoms with Crippen LogP contribution >= 0.6 is 0 Å². The van der Waals surface area contributed by atoms with Crippen LogP contribution in [0.4, 0.5) is 5.69 Å². The number of aromatic nitrogens is 2. The van der Waals surface area contributed by atoms with Crippen molar-refractivity contribution in [3.63, 3.8) is 0 Å². The Morgan fingerprint density at radius 2 is 1.79 bits per heavy atom. The highest BCUT2D eigenvalue weighted by Crippen LogP contribution is 2.28. The SMILES string of the molecule is Cc1ccc(-c2cc(NCC(=O)C3CCCC3)cc(C(=O)NC(C)c3cnccn3)c2)cc1. The van der Waals surface area contributed by atoms with E-state index in [-0.39, 0.29) is 30.2 Å². The van der Waals surface area contributed by atoms with Gasteiger partial charge in [0.05, 0.1) is 24.5 Å². The van der Waals surface area contributed by atoms with E-state index in [9.17, 15) is 9.59 Å². The topological polar surface area (TPSA) is 84.0 Å². The third kappa shape index (κ3) is 5.83. The van der Waals surface area contributed by atoms with Crippen molar-refractivity contribution >= 4 is 17.4 Å². The summed E-state index contributed by atoms with van der Waals surface area (Å²) in [5, 5.41) is 6.27. The van der Waals surface area contributed by atoms with E-state index in [2.05, 4.69) is 32.7 Å². The molecule has 0 aliphatic heterocycles. The summed E-state index contributed by atoms with van der Waals surface area (Å²) in [6.07, 6.45) is 9.10. The van der Waals surface area contributed by atoms with E-state index in [1.807, 2.05) is 38.1 Å². The summed E-state index contributed by atoms with van der Waals surface area (Å²) in [5.41, 5.74) is 5.09. The molecule has 170 valence electrons. The van der Waals surface area contributed by atoms with Crippen LogP contribution in [-0.2, 0) is 4.79 Å². The Hall–Kier alpha value is -3.54. The van der Waals surface area contributed by atoms with Crippen molar-refractivity contribution in [3.05, 3.63) is 77.9 Å². The molecule has 3 aromatic rings. The first kappa shape index (κ1) is 22.6. The first-order valence-corrected chi connectivity index (χ1v) is 11.5. The molecule has 2 N–H and O–H groups in total. The van der Waals surface area contributed by atoms with Crippen molar-refractivity contribution < 1.29 is 9.59 Å². The maximum absolute atomic E-state index is 13.1. The van der Waals surface area contributed by atoms with E-state index in [1.54, 1.807) is 24.7 Å². The van der Waals surface area contributed by atoms with Crippen molar-refractivity contribution in [3.8, 4) is 11.1 Å². The average molecular weight is 443 g/mol. The number of carbonyl (C=O) groups is 2. The molecular formula is C27H30N4O2. The molecule has 1 unspecified atom stereocenters. The van der Waals surface area contributed by atoms with Gasteiger partial charge in [-0.05, 0) is 56.0 Å². The number of benzene rings is 2. The van der Waals surface area contributed by atoms with E-state index in [0.29, 0.717) is 11.3 Å². The predicted octanol–water partition coefficient (Wildman–Crippen LogP) is 5.11. The van der Waals surface area contributed by atoms with Crippen LogP contribution in [0.1, 0.15) is 60.3 Å². The third-order valence-corrected chi connectivity index (χ3v) is 6.23. The van der Waals surface area contributed by atoms with Gasteiger partial charge in [0.2, 0.25) is 0 Å². The monoisotopic (exact) mass is 442 g/mol. The van der Waals surface area contributed by atoms with Crippen LogP contribution in [0, 0.1) is 12.8 Å². The number of ketones is 1. The van der Waals surface area contributed by atoms with Crippen molar-refractivity contribution in [2.24, 2.45) is 5.92 Å². The highest BCUT2D eigenvalue weighted by molar-refractivity contribution is 5.97. The number of hydrogen-bond donors (Lipinski definition) is 2. The fourth-order valence-corrected chi connectivity index (χ4v) is 4.24. The quantitative estimate of drug-likeness (QED) is 0.506. The molecule has 4 rings (SSSR count). The summed E-state index contributed by atoms with van der Waals surface area (Å²) >= 11 is 0. The zero-order valence-corrected chi connectivity index (χ0v) is 19.2. The Kier molecular flexibility index (Phi) is 7.13. The molecule has 1 heterocycles. The van der Waals surface area contributed by atoms with Crippen molar-refractivity contribution in [1.82, 2.24) is 15.3 Å². The summed E-state index contributed by atoms with van der Waals surface area (Å²) in [6, 6.07) is 13.6. The summed E-state index contributed by atoms with van der Waals surface area (Å²) in [4.78, 5) is 34.0. The number of aryl methyl sites for hydroxylation is 1. The van der Waals surface area contributed by atoms with Crippen LogP contribution in [0.3, 0.4) is 0 Å². The predicted molar refractivity (Wildman–Crippen MR) is 130 cm³/mol. The number of rotatable bonds is 8. The first-order valence-electron chi connectivity index (χ1n) is 11.5. The Morgan fingerprint density at radius 1 is 1.03 bits per heavy atom. The van der Waals surface area contributed by atoms with Gasteiger partial charge in [0.1, 0.15) is 0 Å². The molecule has 0 radical (unpaired) electrons. The molecule has 1 saturated carbocycles. The number of nitrogens with zero attached hydrogens (tertiary/aromatic N) is 2. The highest BCUT2D eigenvalue weighted by Gasteiger charge is 2.22. The van der Waals surface area contributed by atoms with Crippen LogP contribution in [0.25, 0.3) is 11.1 Å². The van der Waals surface area contributed by atoms with Gasteiger partial charge in [-0.2, -0.15) is 0 Å². The third-order valence-electron chi connectivity index (χ3n) is 6.23. The first-order chi connectivity index (χ1) is 16.0. The fourth-order valence-electron chi connectivity index (χ4n) is 4.24. The Morgan fingerprint density at radius 3 is 2.48 bits per heavy atom. The molecule has 1 atom stereocenters. The summed E-state index contributed by atoms with van der Waals surface area (Å²) < 4.78 is 0. The van der Waals surface area contributed by atoms with Gasteiger partial charge in [-0.1, -0.05) is 42.7 Å². The second-order valence-corrected chi connectivity index (χ2v) is 8.79. The number of Topliss-reactive ketones (excluding diaryl/α,β-unsaturated/α-hetero) is 1. The maximum Gasteiger partial charge on any atom is 0.251 e. The smallest absolute Gasteiger partial charge is 0.251 e. The van der Waals surface area contributed by atoms with Gasteiger partial charge in [-0.3, -0.25) is 19.6 Å². The zero-order valence-electron chi connectivity index (χ0n) is 19.2. The van der Waals surface area contributed by atoms with Gasteiger partial charge in [-0.15, -0.1) is 0 Å².